The van der Waals surface area contributed by atoms with E-state index in [1.807, 2.05) is 0 Å². The van der Waals surface area contributed by atoms with E-state index in [1.54, 1.807) is 13.8 Å². The molecule has 1 rings (SSSR count). The number of carbonyl (C=O) groups excluding carboxylic acids is 1. The number of hydrogen-bond acceptors (Lipinski definition) is 4. The highest BCUT2D eigenvalue weighted by Gasteiger charge is 2.14. The fourth-order valence-corrected chi connectivity index (χ4v) is 0.733. The Hall–Kier alpha value is -1.36. The molecule has 1 aromatic rings. The molecule has 0 aliphatic heterocycles. The van der Waals surface area contributed by atoms with Crippen LogP contribution in [0.3, 0.4) is 0 Å². The first-order valence-electron chi connectivity index (χ1n) is 3.89. The second-order valence-electron chi connectivity index (χ2n) is 2.71. The van der Waals surface area contributed by atoms with Gasteiger partial charge in [0.2, 0.25) is 0 Å². The summed E-state index contributed by atoms with van der Waals surface area (Å²) < 4.78 is 9.48. The van der Waals surface area contributed by atoms with Gasteiger partial charge in [-0.1, -0.05) is 5.16 Å². The van der Waals surface area contributed by atoms with Crippen molar-refractivity contribution < 1.29 is 14.1 Å². The number of rotatable bonds is 3. The number of hydrogen-bond donors (Lipinski definition) is 1. The summed E-state index contributed by atoms with van der Waals surface area (Å²) in [5, 5.41) is 6.18. The SMILES string of the molecule is COC(C)C(=O)Nc1nocc1C. The van der Waals surface area contributed by atoms with Crippen LogP contribution in [0.4, 0.5) is 5.82 Å². The van der Waals surface area contributed by atoms with Crippen molar-refractivity contribution in [2.75, 3.05) is 12.4 Å². The maximum absolute atomic E-state index is 11.3. The topological polar surface area (TPSA) is 64.4 Å². The number of methoxy groups -OCH3 is 1. The van der Waals surface area contributed by atoms with Gasteiger partial charge in [-0.05, 0) is 13.8 Å². The molecule has 0 aliphatic carbocycles. The summed E-state index contributed by atoms with van der Waals surface area (Å²) >= 11 is 0. The van der Waals surface area contributed by atoms with Gasteiger partial charge in [0.1, 0.15) is 12.4 Å². The standard InChI is InChI=1S/C8H12N2O3/c1-5-4-13-10-7(5)9-8(11)6(2)12-3/h4,6H,1-3H3,(H,9,10,11). The smallest absolute Gasteiger partial charge is 0.254 e. The maximum Gasteiger partial charge on any atom is 0.254 e. The van der Waals surface area contributed by atoms with Gasteiger partial charge in [0.25, 0.3) is 5.91 Å². The average molecular weight is 184 g/mol. The van der Waals surface area contributed by atoms with Gasteiger partial charge in [-0.15, -0.1) is 0 Å². The monoisotopic (exact) mass is 184 g/mol. The van der Waals surface area contributed by atoms with Crippen LogP contribution in [0.1, 0.15) is 12.5 Å². The van der Waals surface area contributed by atoms with Gasteiger partial charge >= 0.3 is 0 Å². The van der Waals surface area contributed by atoms with E-state index in [9.17, 15) is 4.79 Å². The molecular formula is C8H12N2O3. The summed E-state index contributed by atoms with van der Waals surface area (Å²) in [6.07, 6.45) is 0.976. The van der Waals surface area contributed by atoms with Crippen LogP contribution in [0.25, 0.3) is 0 Å². The third kappa shape index (κ3) is 2.29. The molecule has 0 aliphatic rings. The first-order valence-corrected chi connectivity index (χ1v) is 3.89. The van der Waals surface area contributed by atoms with Crippen molar-refractivity contribution in [2.45, 2.75) is 20.0 Å². The van der Waals surface area contributed by atoms with Crippen LogP contribution in [-0.2, 0) is 9.53 Å². The van der Waals surface area contributed by atoms with Gasteiger partial charge in [-0.3, -0.25) is 4.79 Å². The Morgan fingerprint density at radius 3 is 2.92 bits per heavy atom. The van der Waals surface area contributed by atoms with E-state index in [0.717, 1.165) is 5.56 Å². The maximum atomic E-state index is 11.3. The van der Waals surface area contributed by atoms with E-state index in [0.29, 0.717) is 5.82 Å². The second kappa shape index (κ2) is 4.04. The number of anilines is 1. The van der Waals surface area contributed by atoms with E-state index in [-0.39, 0.29) is 5.91 Å². The third-order valence-corrected chi connectivity index (χ3v) is 1.71. The summed E-state index contributed by atoms with van der Waals surface area (Å²) in [4.78, 5) is 11.3. The van der Waals surface area contributed by atoms with Crippen molar-refractivity contribution in [2.24, 2.45) is 0 Å². The molecule has 1 unspecified atom stereocenters. The lowest BCUT2D eigenvalue weighted by Gasteiger charge is -2.07. The molecule has 5 nitrogen and oxygen atoms in total. The van der Waals surface area contributed by atoms with Crippen LogP contribution < -0.4 is 5.32 Å². The molecule has 1 amide bonds. The minimum atomic E-state index is -0.490. The number of nitrogens with one attached hydrogen (secondary N) is 1. The Morgan fingerprint density at radius 2 is 2.46 bits per heavy atom. The van der Waals surface area contributed by atoms with E-state index in [1.165, 1.54) is 13.4 Å². The van der Waals surface area contributed by atoms with Crippen molar-refractivity contribution in [3.63, 3.8) is 0 Å². The first kappa shape index (κ1) is 9.73. The van der Waals surface area contributed by atoms with Gasteiger partial charge in [0.05, 0.1) is 0 Å². The zero-order valence-electron chi connectivity index (χ0n) is 7.83. The largest absolute Gasteiger partial charge is 0.372 e. The number of nitrogens with zero attached hydrogens (tertiary/aromatic N) is 1. The summed E-state index contributed by atoms with van der Waals surface area (Å²) in [6, 6.07) is 0. The highest BCUT2D eigenvalue weighted by atomic mass is 16.5. The van der Waals surface area contributed by atoms with Gasteiger partial charge in [-0.25, -0.2) is 0 Å². The molecule has 0 saturated heterocycles. The minimum Gasteiger partial charge on any atom is -0.372 e. The van der Waals surface area contributed by atoms with Crippen LogP contribution in [-0.4, -0.2) is 24.3 Å². The predicted molar refractivity (Wildman–Crippen MR) is 46.3 cm³/mol. The molecule has 1 atom stereocenters. The van der Waals surface area contributed by atoms with E-state index < -0.39 is 6.10 Å². The van der Waals surface area contributed by atoms with Crippen LogP contribution in [0, 0.1) is 6.92 Å². The lowest BCUT2D eigenvalue weighted by molar-refractivity contribution is -0.124. The van der Waals surface area contributed by atoms with E-state index in [2.05, 4.69) is 15.0 Å². The van der Waals surface area contributed by atoms with Crippen molar-refractivity contribution in [3.05, 3.63) is 11.8 Å². The summed E-state index contributed by atoms with van der Waals surface area (Å²) in [5.74, 6) is 0.202. The predicted octanol–water partition coefficient (Wildman–Crippen LogP) is 0.956. The van der Waals surface area contributed by atoms with E-state index in [4.69, 9.17) is 4.74 Å². The average Bonchev–Trinajstić information content (AvgIpc) is 2.50. The molecule has 0 bridgehead atoms. The fourth-order valence-electron chi connectivity index (χ4n) is 0.733. The highest BCUT2D eigenvalue weighted by Crippen LogP contribution is 2.10. The van der Waals surface area contributed by atoms with Crippen molar-refractivity contribution in [1.29, 1.82) is 0 Å². The number of carbonyl (C=O) groups is 1. The number of aryl methyl sites for hydroxylation is 1. The summed E-state index contributed by atoms with van der Waals surface area (Å²) in [5.41, 5.74) is 0.789. The lowest BCUT2D eigenvalue weighted by atomic mass is 10.3. The number of ether oxygens (including phenoxy) is 1. The Kier molecular flexibility index (Phi) is 3.02. The Labute approximate surface area is 76.0 Å². The van der Waals surface area contributed by atoms with Crippen molar-refractivity contribution >= 4 is 11.7 Å². The number of amides is 1. The summed E-state index contributed by atoms with van der Waals surface area (Å²) in [6.45, 7) is 3.45. The van der Waals surface area contributed by atoms with Crippen molar-refractivity contribution in [1.82, 2.24) is 5.16 Å². The molecule has 13 heavy (non-hydrogen) atoms. The molecule has 0 radical (unpaired) electrons. The molecule has 72 valence electrons. The second-order valence-corrected chi connectivity index (χ2v) is 2.71. The molecule has 5 heteroatoms. The number of aromatic nitrogens is 1. The molecule has 0 aromatic carbocycles. The van der Waals surface area contributed by atoms with Gasteiger partial charge in [0, 0.05) is 12.7 Å². The molecule has 0 fully saturated rings. The summed E-state index contributed by atoms with van der Waals surface area (Å²) in [7, 11) is 1.47. The quantitative estimate of drug-likeness (QED) is 0.759. The van der Waals surface area contributed by atoms with Crippen LogP contribution >= 0.6 is 0 Å². The van der Waals surface area contributed by atoms with E-state index >= 15 is 0 Å². The Bertz CT molecular complexity index is 295. The van der Waals surface area contributed by atoms with Gasteiger partial charge in [-0.2, -0.15) is 0 Å². The molecule has 1 N–H and O–H groups in total. The zero-order valence-corrected chi connectivity index (χ0v) is 7.83. The van der Waals surface area contributed by atoms with Gasteiger partial charge in [0.15, 0.2) is 5.82 Å². The Morgan fingerprint density at radius 1 is 1.77 bits per heavy atom. The molecule has 1 aromatic heterocycles. The van der Waals surface area contributed by atoms with Gasteiger partial charge < -0.3 is 14.6 Å². The lowest BCUT2D eigenvalue weighted by Crippen LogP contribution is -2.26. The Balaban J connectivity index is 2.60. The molecule has 0 saturated carbocycles. The normalized spacial score (nSPS) is 12.5. The molecule has 0 spiro atoms. The van der Waals surface area contributed by atoms with Crippen molar-refractivity contribution in [3.8, 4) is 0 Å². The fraction of sp³-hybridized carbons (Fsp3) is 0.500. The first-order chi connectivity index (χ1) is 6.15. The highest BCUT2D eigenvalue weighted by molar-refractivity contribution is 5.93. The third-order valence-electron chi connectivity index (χ3n) is 1.71. The van der Waals surface area contributed by atoms with Crippen LogP contribution in [0.15, 0.2) is 10.8 Å². The molecule has 1 heterocycles. The van der Waals surface area contributed by atoms with Crippen LogP contribution in [0.5, 0.6) is 0 Å². The van der Waals surface area contributed by atoms with Crippen LogP contribution in [0.2, 0.25) is 0 Å². The zero-order chi connectivity index (χ0) is 9.84. The molecular weight excluding hydrogens is 172 g/mol. The minimum absolute atomic E-state index is 0.237.